The zero-order valence-corrected chi connectivity index (χ0v) is 4.65. The number of nitrogens with one attached hydrogen (secondary N) is 1. The molecule has 1 nitrogen and oxygen atoms in total. The highest BCUT2D eigenvalue weighted by Crippen LogP contribution is 2.29. The Hall–Kier alpha value is -0.300. The Morgan fingerprint density at radius 1 is 1.86 bits per heavy atom. The molecule has 0 aromatic rings. The molecule has 2 unspecified atom stereocenters. The second-order valence-corrected chi connectivity index (χ2v) is 2.03. The molecule has 0 saturated heterocycles. The highest BCUT2D eigenvalue weighted by Gasteiger charge is 2.31. The highest BCUT2D eigenvalue weighted by molar-refractivity contribution is 5.02. The summed E-state index contributed by atoms with van der Waals surface area (Å²) in [6, 6.07) is 0.748. The number of hydrogen-bond acceptors (Lipinski definition) is 1. The van der Waals surface area contributed by atoms with Gasteiger partial charge in [-0.2, -0.15) is 0 Å². The molecule has 0 bridgehead atoms. The zero-order chi connectivity index (χ0) is 5.28. The second-order valence-electron chi connectivity index (χ2n) is 2.03. The first-order chi connectivity index (χ1) is 3.38. The van der Waals surface area contributed by atoms with Gasteiger partial charge in [-0.25, -0.2) is 0 Å². The van der Waals surface area contributed by atoms with E-state index in [0.29, 0.717) is 0 Å². The van der Waals surface area contributed by atoms with E-state index in [1.807, 2.05) is 13.1 Å². The summed E-state index contributed by atoms with van der Waals surface area (Å²) in [5, 5.41) is 3.17. The fraction of sp³-hybridized carbons (Fsp3) is 0.667. The van der Waals surface area contributed by atoms with Gasteiger partial charge in [-0.15, -0.1) is 6.58 Å². The molecule has 2 atom stereocenters. The van der Waals surface area contributed by atoms with Crippen molar-refractivity contribution in [2.75, 3.05) is 7.05 Å². The molecule has 1 rings (SSSR count). The third kappa shape index (κ3) is 0.829. The van der Waals surface area contributed by atoms with E-state index in [-0.39, 0.29) is 0 Å². The van der Waals surface area contributed by atoms with Crippen molar-refractivity contribution in [1.82, 2.24) is 5.32 Å². The van der Waals surface area contributed by atoms with E-state index in [1.54, 1.807) is 0 Å². The van der Waals surface area contributed by atoms with E-state index in [2.05, 4.69) is 11.9 Å². The molecule has 0 amide bonds. The molecule has 1 fully saturated rings. The minimum Gasteiger partial charge on any atom is -0.316 e. The Bertz CT molecular complexity index is 78.2. The van der Waals surface area contributed by atoms with Crippen LogP contribution in [0.25, 0.3) is 0 Å². The van der Waals surface area contributed by atoms with Gasteiger partial charge < -0.3 is 5.32 Å². The molecular formula is C6H11N. The second kappa shape index (κ2) is 1.66. The minimum absolute atomic E-state index is 0.748. The lowest BCUT2D eigenvalue weighted by Crippen LogP contribution is -2.09. The maximum Gasteiger partial charge on any atom is 0.0133 e. The van der Waals surface area contributed by atoms with Gasteiger partial charge in [0.05, 0.1) is 0 Å². The van der Waals surface area contributed by atoms with Crippen molar-refractivity contribution in [1.29, 1.82) is 0 Å². The quantitative estimate of drug-likeness (QED) is 0.502. The molecule has 0 spiro atoms. The van der Waals surface area contributed by atoms with Crippen molar-refractivity contribution >= 4 is 0 Å². The zero-order valence-electron chi connectivity index (χ0n) is 4.65. The molecule has 1 aliphatic carbocycles. The van der Waals surface area contributed by atoms with Gasteiger partial charge in [0.2, 0.25) is 0 Å². The van der Waals surface area contributed by atoms with Crippen molar-refractivity contribution < 1.29 is 0 Å². The lowest BCUT2D eigenvalue weighted by atomic mass is 10.4. The molecule has 40 valence electrons. The van der Waals surface area contributed by atoms with E-state index < -0.39 is 0 Å². The molecule has 0 radical (unpaired) electrons. The van der Waals surface area contributed by atoms with E-state index in [9.17, 15) is 0 Å². The maximum atomic E-state index is 3.68. The summed E-state index contributed by atoms with van der Waals surface area (Å²) in [7, 11) is 1.99. The predicted molar refractivity (Wildman–Crippen MR) is 31.2 cm³/mol. The van der Waals surface area contributed by atoms with Gasteiger partial charge in [-0.3, -0.25) is 0 Å². The van der Waals surface area contributed by atoms with Crippen LogP contribution in [0.5, 0.6) is 0 Å². The van der Waals surface area contributed by atoms with Crippen molar-refractivity contribution in [3.8, 4) is 0 Å². The average Bonchev–Trinajstić information content (AvgIpc) is 2.43. The van der Waals surface area contributed by atoms with Crippen LogP contribution in [0, 0.1) is 5.92 Å². The van der Waals surface area contributed by atoms with Crippen LogP contribution in [0.3, 0.4) is 0 Å². The standard InChI is InChI=1S/C6H11N/c1-3-5-4-6(5)7-2/h3,5-7H,1,4H2,2H3. The first-order valence-corrected chi connectivity index (χ1v) is 2.68. The van der Waals surface area contributed by atoms with E-state index in [0.717, 1.165) is 12.0 Å². The van der Waals surface area contributed by atoms with Crippen LogP contribution in [-0.2, 0) is 0 Å². The minimum atomic E-state index is 0.748. The Labute approximate surface area is 44.4 Å². The van der Waals surface area contributed by atoms with Crippen LogP contribution in [-0.4, -0.2) is 13.1 Å². The van der Waals surface area contributed by atoms with Gasteiger partial charge in [0.15, 0.2) is 0 Å². The summed E-state index contributed by atoms with van der Waals surface area (Å²) in [5.41, 5.74) is 0. The third-order valence-corrected chi connectivity index (χ3v) is 1.51. The summed E-state index contributed by atoms with van der Waals surface area (Å²) in [4.78, 5) is 0. The summed E-state index contributed by atoms with van der Waals surface area (Å²) in [5.74, 6) is 0.769. The SMILES string of the molecule is C=CC1CC1NC. The molecule has 0 heterocycles. The summed E-state index contributed by atoms with van der Waals surface area (Å²) >= 11 is 0. The molecule has 0 aromatic heterocycles. The van der Waals surface area contributed by atoms with Crippen molar-refractivity contribution in [2.45, 2.75) is 12.5 Å². The largest absolute Gasteiger partial charge is 0.316 e. The Balaban J connectivity index is 2.17. The van der Waals surface area contributed by atoms with E-state index >= 15 is 0 Å². The van der Waals surface area contributed by atoms with Gasteiger partial charge >= 0.3 is 0 Å². The van der Waals surface area contributed by atoms with Crippen LogP contribution < -0.4 is 5.32 Å². The summed E-state index contributed by atoms with van der Waals surface area (Å²) in [6.07, 6.45) is 3.31. The molecule has 1 N–H and O–H groups in total. The van der Waals surface area contributed by atoms with Gasteiger partial charge in [0.25, 0.3) is 0 Å². The van der Waals surface area contributed by atoms with Crippen molar-refractivity contribution in [3.05, 3.63) is 12.7 Å². The molecule has 0 aliphatic heterocycles. The maximum absolute atomic E-state index is 3.68. The molecular weight excluding hydrogens is 86.1 g/mol. The molecule has 1 aliphatic rings. The molecule has 0 aromatic carbocycles. The highest BCUT2D eigenvalue weighted by atomic mass is 14.9. The lowest BCUT2D eigenvalue weighted by molar-refractivity contribution is 0.775. The first kappa shape index (κ1) is 4.85. The van der Waals surface area contributed by atoms with Gasteiger partial charge in [0, 0.05) is 6.04 Å². The summed E-state index contributed by atoms with van der Waals surface area (Å²) in [6.45, 7) is 3.68. The van der Waals surface area contributed by atoms with Crippen LogP contribution in [0.2, 0.25) is 0 Å². The Kier molecular flexibility index (Phi) is 1.15. The van der Waals surface area contributed by atoms with Crippen LogP contribution in [0.4, 0.5) is 0 Å². The lowest BCUT2D eigenvalue weighted by Gasteiger charge is -1.86. The van der Waals surface area contributed by atoms with Crippen molar-refractivity contribution in [2.24, 2.45) is 5.92 Å². The first-order valence-electron chi connectivity index (χ1n) is 2.68. The molecule has 7 heavy (non-hydrogen) atoms. The average molecular weight is 97.2 g/mol. The topological polar surface area (TPSA) is 12.0 Å². The van der Waals surface area contributed by atoms with Crippen LogP contribution in [0.1, 0.15) is 6.42 Å². The van der Waals surface area contributed by atoms with Gasteiger partial charge in [0.1, 0.15) is 0 Å². The van der Waals surface area contributed by atoms with E-state index in [4.69, 9.17) is 0 Å². The fourth-order valence-corrected chi connectivity index (χ4v) is 0.807. The Morgan fingerprint density at radius 2 is 2.57 bits per heavy atom. The third-order valence-electron chi connectivity index (χ3n) is 1.51. The van der Waals surface area contributed by atoms with Gasteiger partial charge in [-0.1, -0.05) is 6.08 Å². The number of hydrogen-bond donors (Lipinski definition) is 1. The van der Waals surface area contributed by atoms with E-state index in [1.165, 1.54) is 6.42 Å². The summed E-state index contributed by atoms with van der Waals surface area (Å²) < 4.78 is 0. The molecule has 1 saturated carbocycles. The van der Waals surface area contributed by atoms with Crippen molar-refractivity contribution in [3.63, 3.8) is 0 Å². The Morgan fingerprint density at radius 3 is 2.71 bits per heavy atom. The molecule has 1 heteroatoms. The number of rotatable bonds is 2. The van der Waals surface area contributed by atoms with Crippen LogP contribution >= 0.6 is 0 Å². The predicted octanol–water partition coefficient (Wildman–Crippen LogP) is 0.780. The fourth-order valence-electron chi connectivity index (χ4n) is 0.807. The monoisotopic (exact) mass is 97.1 g/mol. The normalized spacial score (nSPS) is 37.9. The van der Waals surface area contributed by atoms with Gasteiger partial charge in [-0.05, 0) is 19.4 Å². The smallest absolute Gasteiger partial charge is 0.0133 e. The van der Waals surface area contributed by atoms with Crippen LogP contribution in [0.15, 0.2) is 12.7 Å².